The Morgan fingerprint density at radius 3 is 2.38 bits per heavy atom. The average molecular weight is 367 g/mol. The number of nitrogens with one attached hydrogen (secondary N) is 1. The largest absolute Gasteiger partial charge is 0.477 e. The van der Waals surface area contributed by atoms with E-state index in [-0.39, 0.29) is 17.0 Å². The highest BCUT2D eigenvalue weighted by Crippen LogP contribution is 2.19. The molecule has 1 aromatic heterocycles. The molecular weight excluding hydrogens is 350 g/mol. The zero-order chi connectivity index (χ0) is 18.2. The van der Waals surface area contributed by atoms with Crippen LogP contribution in [-0.2, 0) is 4.79 Å². The minimum Gasteiger partial charge on any atom is -0.477 e. The van der Waals surface area contributed by atoms with E-state index >= 15 is 0 Å². The van der Waals surface area contributed by atoms with E-state index in [1.54, 1.807) is 0 Å². The second kappa shape index (κ2) is 9.38. The minimum absolute atomic E-state index is 0.00519. The first kappa shape index (κ1) is 20.1. The van der Waals surface area contributed by atoms with E-state index in [0.29, 0.717) is 0 Å². The van der Waals surface area contributed by atoms with E-state index in [0.717, 1.165) is 44.5 Å². The summed E-state index contributed by atoms with van der Waals surface area (Å²) >= 11 is 5.27. The number of carbonyl (C=O) groups is 1. The zero-order valence-corrected chi connectivity index (χ0v) is 13.4. The summed E-state index contributed by atoms with van der Waals surface area (Å²) in [6.07, 6.45) is 7.07. The van der Waals surface area contributed by atoms with E-state index in [1.807, 2.05) is 0 Å². The Kier molecular flexibility index (Phi) is 7.86. The zero-order valence-electron chi connectivity index (χ0n) is 12.6. The number of nitro groups is 1. The van der Waals surface area contributed by atoms with Crippen LogP contribution < -0.4 is 5.32 Å². The number of alkyl halides is 2. The predicted octanol–water partition coefficient (Wildman–Crippen LogP) is 2.67. The molecule has 11 heteroatoms. The Labute approximate surface area is 141 Å². The van der Waals surface area contributed by atoms with Gasteiger partial charge in [0.25, 0.3) is 0 Å². The smallest absolute Gasteiger partial charge is 0.375 e. The molecule has 0 radical (unpaired) electrons. The summed E-state index contributed by atoms with van der Waals surface area (Å²) in [6, 6.07) is 0.0639. The van der Waals surface area contributed by atoms with Gasteiger partial charge in [-0.05, 0) is 24.4 Å². The van der Waals surface area contributed by atoms with Crippen molar-refractivity contribution in [2.75, 3.05) is 6.54 Å². The van der Waals surface area contributed by atoms with Crippen LogP contribution in [0.25, 0.3) is 0 Å². The van der Waals surface area contributed by atoms with Gasteiger partial charge < -0.3 is 10.4 Å². The molecule has 0 saturated heterocycles. The Morgan fingerprint density at radius 2 is 1.92 bits per heavy atom. The summed E-state index contributed by atoms with van der Waals surface area (Å²) < 4.78 is 25.3. The number of carboxylic acids is 1. The first-order chi connectivity index (χ1) is 11.2. The average Bonchev–Trinajstić information content (AvgIpc) is 2.55. The van der Waals surface area contributed by atoms with Gasteiger partial charge in [0.1, 0.15) is 12.4 Å². The second-order valence-electron chi connectivity index (χ2n) is 5.19. The van der Waals surface area contributed by atoms with Gasteiger partial charge in [0.2, 0.25) is 5.28 Å². The molecule has 2 N–H and O–H groups in total. The highest BCUT2D eigenvalue weighted by atomic mass is 35.5. The van der Waals surface area contributed by atoms with Gasteiger partial charge in [-0.3, -0.25) is 10.1 Å². The maximum atomic E-state index is 12.6. The molecule has 1 aromatic rings. The number of halogens is 3. The van der Waals surface area contributed by atoms with Crippen LogP contribution >= 0.6 is 11.6 Å². The third-order valence-electron chi connectivity index (χ3n) is 3.35. The SMILES string of the molecule is O=C(O)C(F)(F)CNC1CCCCC1.O=[N+]([O-])c1cnc(Cl)nc1. The van der Waals surface area contributed by atoms with Gasteiger partial charge in [0.05, 0.1) is 11.5 Å². The van der Waals surface area contributed by atoms with E-state index in [2.05, 4.69) is 15.3 Å². The fourth-order valence-electron chi connectivity index (χ4n) is 2.05. The van der Waals surface area contributed by atoms with Crippen LogP contribution in [0, 0.1) is 10.1 Å². The lowest BCUT2D eigenvalue weighted by Crippen LogP contribution is -2.44. The van der Waals surface area contributed by atoms with Gasteiger partial charge in [-0.2, -0.15) is 8.78 Å². The maximum Gasteiger partial charge on any atom is 0.375 e. The lowest BCUT2D eigenvalue weighted by Gasteiger charge is -2.24. The van der Waals surface area contributed by atoms with Gasteiger partial charge in [-0.15, -0.1) is 0 Å². The quantitative estimate of drug-likeness (QED) is 0.467. The van der Waals surface area contributed by atoms with Crippen LogP contribution in [0.3, 0.4) is 0 Å². The lowest BCUT2D eigenvalue weighted by molar-refractivity contribution is -0.385. The molecule has 0 aliphatic heterocycles. The van der Waals surface area contributed by atoms with Crippen LogP contribution in [0.1, 0.15) is 32.1 Å². The molecule has 2 rings (SSSR count). The lowest BCUT2D eigenvalue weighted by atomic mass is 9.95. The third-order valence-corrected chi connectivity index (χ3v) is 3.54. The number of rotatable bonds is 5. The van der Waals surface area contributed by atoms with Crippen molar-refractivity contribution < 1.29 is 23.6 Å². The van der Waals surface area contributed by atoms with Crippen molar-refractivity contribution in [3.05, 3.63) is 27.8 Å². The van der Waals surface area contributed by atoms with Gasteiger partial charge in [-0.1, -0.05) is 19.3 Å². The molecule has 1 aliphatic rings. The van der Waals surface area contributed by atoms with Crippen molar-refractivity contribution in [1.82, 2.24) is 15.3 Å². The Hall–Kier alpha value is -1.94. The molecule has 24 heavy (non-hydrogen) atoms. The first-order valence-corrected chi connectivity index (χ1v) is 7.56. The maximum absolute atomic E-state index is 12.6. The van der Waals surface area contributed by atoms with Crippen LogP contribution in [0.15, 0.2) is 12.4 Å². The predicted molar refractivity (Wildman–Crippen MR) is 81.2 cm³/mol. The topological polar surface area (TPSA) is 118 Å². The molecule has 0 amide bonds. The van der Waals surface area contributed by atoms with Crippen LogP contribution in [0.2, 0.25) is 5.28 Å². The molecule has 1 aliphatic carbocycles. The monoisotopic (exact) mass is 366 g/mol. The molecule has 134 valence electrons. The van der Waals surface area contributed by atoms with E-state index in [9.17, 15) is 23.7 Å². The molecule has 0 atom stereocenters. The molecule has 8 nitrogen and oxygen atoms in total. The van der Waals surface area contributed by atoms with E-state index in [1.165, 1.54) is 0 Å². The standard InChI is InChI=1S/C9H15F2NO2.C4H2ClN3O2/c10-9(11,8(13)14)6-12-7-4-2-1-3-5-7;5-4-6-1-3(2-7-4)8(9)10/h7,12H,1-6H2,(H,13,14);1-2H. The molecule has 0 spiro atoms. The van der Waals surface area contributed by atoms with Crippen molar-refractivity contribution in [3.8, 4) is 0 Å². The molecule has 1 fully saturated rings. The summed E-state index contributed by atoms with van der Waals surface area (Å²) in [6.45, 7) is -0.757. The number of aromatic nitrogens is 2. The van der Waals surface area contributed by atoms with Crippen molar-refractivity contribution in [3.63, 3.8) is 0 Å². The molecular formula is C13H17ClF2N4O4. The normalized spacial score (nSPS) is 15.3. The van der Waals surface area contributed by atoms with Crippen molar-refractivity contribution in [2.45, 2.75) is 44.1 Å². The highest BCUT2D eigenvalue weighted by molar-refractivity contribution is 6.28. The fraction of sp³-hybridized carbons (Fsp3) is 0.615. The van der Waals surface area contributed by atoms with Crippen LogP contribution in [0.5, 0.6) is 0 Å². The van der Waals surface area contributed by atoms with Crippen LogP contribution in [0.4, 0.5) is 14.5 Å². The summed E-state index contributed by atoms with van der Waals surface area (Å²) in [4.78, 5) is 26.3. The molecule has 0 aromatic carbocycles. The molecule has 0 unspecified atom stereocenters. The number of hydrogen-bond acceptors (Lipinski definition) is 6. The Morgan fingerprint density at radius 1 is 1.38 bits per heavy atom. The molecule has 1 saturated carbocycles. The van der Waals surface area contributed by atoms with Gasteiger partial charge in [0, 0.05) is 6.04 Å². The number of hydrogen-bond donors (Lipinski definition) is 2. The van der Waals surface area contributed by atoms with Gasteiger partial charge in [-0.25, -0.2) is 14.8 Å². The fourth-order valence-corrected chi connectivity index (χ4v) is 2.15. The number of carboxylic acid groups (broad SMARTS) is 1. The first-order valence-electron chi connectivity index (χ1n) is 7.19. The second-order valence-corrected chi connectivity index (χ2v) is 5.53. The summed E-state index contributed by atoms with van der Waals surface area (Å²) in [5, 5.41) is 20.8. The minimum atomic E-state index is -3.64. The number of nitrogens with zero attached hydrogens (tertiary/aromatic N) is 3. The summed E-state index contributed by atoms with van der Waals surface area (Å²) in [5.41, 5.74) is -0.163. The van der Waals surface area contributed by atoms with E-state index in [4.69, 9.17) is 16.7 Å². The third kappa shape index (κ3) is 7.09. The van der Waals surface area contributed by atoms with Gasteiger partial charge in [0.15, 0.2) is 0 Å². The molecule has 1 heterocycles. The van der Waals surface area contributed by atoms with E-state index < -0.39 is 23.4 Å². The van der Waals surface area contributed by atoms with Gasteiger partial charge >= 0.3 is 17.6 Å². The Balaban J connectivity index is 0.000000254. The van der Waals surface area contributed by atoms with Crippen LogP contribution in [-0.4, -0.2) is 44.5 Å². The van der Waals surface area contributed by atoms with Crippen molar-refractivity contribution >= 4 is 23.3 Å². The number of aliphatic carboxylic acids is 1. The van der Waals surface area contributed by atoms with Crippen molar-refractivity contribution in [2.24, 2.45) is 0 Å². The van der Waals surface area contributed by atoms with Crippen molar-refractivity contribution in [1.29, 1.82) is 0 Å². The highest BCUT2D eigenvalue weighted by Gasteiger charge is 2.38. The molecule has 0 bridgehead atoms. The Bertz CT molecular complexity index is 553. The summed E-state index contributed by atoms with van der Waals surface area (Å²) in [5.74, 6) is -5.70. The summed E-state index contributed by atoms with van der Waals surface area (Å²) in [7, 11) is 0.